The average Bonchev–Trinajstić information content (AvgIpc) is 2.26. The molecule has 0 aliphatic rings. The highest BCUT2D eigenvalue weighted by Gasteiger charge is 2.38. The molecule has 0 saturated heterocycles. The van der Waals surface area contributed by atoms with Gasteiger partial charge in [0.25, 0.3) is 0 Å². The molecule has 0 aromatic heterocycles. The number of hydrogen-bond acceptors (Lipinski definition) is 1. The first-order valence-corrected chi connectivity index (χ1v) is 6.13. The fraction of sp³-hybridized carbons (Fsp3) is 0.455. The third kappa shape index (κ3) is 3.98. The Hall–Kier alpha value is -0.510. The van der Waals surface area contributed by atoms with Gasteiger partial charge in [0.05, 0.1) is 14.7 Å². The van der Waals surface area contributed by atoms with Crippen LogP contribution in [0.4, 0.5) is 26.3 Å². The van der Waals surface area contributed by atoms with Gasteiger partial charge in [0.2, 0.25) is 0 Å². The summed E-state index contributed by atoms with van der Waals surface area (Å²) < 4.78 is 74.8. The molecule has 0 saturated carbocycles. The van der Waals surface area contributed by atoms with E-state index in [2.05, 4.69) is 5.32 Å². The Morgan fingerprint density at radius 2 is 1.16 bits per heavy atom. The first-order chi connectivity index (χ1) is 8.38. The summed E-state index contributed by atoms with van der Waals surface area (Å²) >= 11 is 1.75. The zero-order valence-corrected chi connectivity index (χ0v) is 12.0. The van der Waals surface area contributed by atoms with Gasteiger partial charge >= 0.3 is 12.4 Å². The van der Waals surface area contributed by atoms with Crippen LogP contribution in [-0.4, -0.2) is 7.05 Å². The molecular formula is C11H10F6IN. The lowest BCUT2D eigenvalue weighted by Crippen LogP contribution is -2.30. The zero-order chi connectivity index (χ0) is 15.1. The normalized spacial score (nSPS) is 16.3. The summed E-state index contributed by atoms with van der Waals surface area (Å²) in [6.07, 6.45) is -9.65. The maximum atomic E-state index is 12.6. The van der Waals surface area contributed by atoms with Crippen molar-refractivity contribution in [3.63, 3.8) is 0 Å². The molecule has 1 aromatic carbocycles. The summed E-state index contributed by atoms with van der Waals surface area (Å²) in [6, 6.07) is 1.56. The topological polar surface area (TPSA) is 12.0 Å². The van der Waals surface area contributed by atoms with Gasteiger partial charge in [0.1, 0.15) is 0 Å². The van der Waals surface area contributed by atoms with Gasteiger partial charge in [-0.15, -0.1) is 0 Å². The molecule has 0 amide bonds. The minimum absolute atomic E-state index is 0.0854. The fourth-order valence-electron chi connectivity index (χ4n) is 1.37. The van der Waals surface area contributed by atoms with Crippen LogP contribution in [0.15, 0.2) is 18.2 Å². The molecule has 1 atom stereocenters. The quantitative estimate of drug-likeness (QED) is 0.334. The molecule has 0 fully saturated rings. The van der Waals surface area contributed by atoms with Crippen molar-refractivity contribution >= 4 is 22.6 Å². The maximum absolute atomic E-state index is 12.6. The Kier molecular flexibility index (Phi) is 4.45. The van der Waals surface area contributed by atoms with Gasteiger partial charge in [-0.1, -0.05) is 22.6 Å². The van der Waals surface area contributed by atoms with E-state index in [0.717, 1.165) is 12.1 Å². The van der Waals surface area contributed by atoms with E-state index < -0.39 is 27.0 Å². The van der Waals surface area contributed by atoms with Gasteiger partial charge in [-0.25, -0.2) is 0 Å². The molecule has 1 aromatic rings. The van der Waals surface area contributed by atoms with Gasteiger partial charge in [-0.3, -0.25) is 0 Å². The highest BCUT2D eigenvalue weighted by Crippen LogP contribution is 2.39. The third-order valence-electron chi connectivity index (χ3n) is 2.60. The summed E-state index contributed by atoms with van der Waals surface area (Å²) in [6.45, 7) is 1.49. The predicted molar refractivity (Wildman–Crippen MR) is 66.9 cm³/mol. The van der Waals surface area contributed by atoms with Gasteiger partial charge in [-0.05, 0) is 37.7 Å². The van der Waals surface area contributed by atoms with Gasteiger partial charge < -0.3 is 5.32 Å². The lowest BCUT2D eigenvalue weighted by atomic mass is 10.0. The Balaban J connectivity index is 3.51. The lowest BCUT2D eigenvalue weighted by molar-refractivity contribution is -0.143. The molecule has 0 aliphatic heterocycles. The Morgan fingerprint density at radius 3 is 1.42 bits per heavy atom. The smallest absolute Gasteiger partial charge is 0.303 e. The van der Waals surface area contributed by atoms with Crippen molar-refractivity contribution in [3.05, 3.63) is 34.9 Å². The monoisotopic (exact) mass is 397 g/mol. The molecule has 8 heteroatoms. The number of benzene rings is 1. The van der Waals surface area contributed by atoms with E-state index in [1.807, 2.05) is 0 Å². The van der Waals surface area contributed by atoms with Crippen LogP contribution in [0, 0.1) is 0 Å². The summed E-state index contributed by atoms with van der Waals surface area (Å²) in [5.74, 6) is 0. The van der Waals surface area contributed by atoms with E-state index in [0.29, 0.717) is 0 Å². The van der Waals surface area contributed by atoms with Crippen LogP contribution in [0.1, 0.15) is 23.6 Å². The summed E-state index contributed by atoms with van der Waals surface area (Å²) in [4.78, 5) is 0. The second kappa shape index (κ2) is 5.12. The van der Waals surface area contributed by atoms with Crippen molar-refractivity contribution in [2.24, 2.45) is 0 Å². The number of nitrogens with one attached hydrogen (secondary N) is 1. The zero-order valence-electron chi connectivity index (χ0n) is 9.88. The van der Waals surface area contributed by atoms with E-state index in [4.69, 9.17) is 0 Å². The molecule has 0 spiro atoms. The van der Waals surface area contributed by atoms with Crippen LogP contribution < -0.4 is 5.32 Å². The molecular weight excluding hydrogens is 387 g/mol. The lowest BCUT2D eigenvalue weighted by Gasteiger charge is -2.25. The highest BCUT2D eigenvalue weighted by atomic mass is 127. The number of rotatable bonds is 2. The van der Waals surface area contributed by atoms with Crippen LogP contribution in [0.2, 0.25) is 0 Å². The number of hydrogen-bond donors (Lipinski definition) is 1. The van der Waals surface area contributed by atoms with E-state index >= 15 is 0 Å². The predicted octanol–water partition coefficient (Wildman–Crippen LogP) is 4.55. The first kappa shape index (κ1) is 16.5. The van der Waals surface area contributed by atoms with Crippen LogP contribution in [-0.2, 0) is 15.9 Å². The SMILES string of the molecule is CNC(C)(I)c1cc(C(F)(F)F)cc(C(F)(F)F)c1. The maximum Gasteiger partial charge on any atom is 0.416 e. The summed E-state index contributed by atoms with van der Waals surface area (Å²) in [5.41, 5.74) is -2.70. The first-order valence-electron chi connectivity index (χ1n) is 5.05. The largest absolute Gasteiger partial charge is 0.416 e. The number of halogens is 7. The van der Waals surface area contributed by atoms with Crippen molar-refractivity contribution in [1.82, 2.24) is 5.32 Å². The van der Waals surface area contributed by atoms with Crippen molar-refractivity contribution in [1.29, 1.82) is 0 Å². The second-order valence-electron chi connectivity index (χ2n) is 4.05. The van der Waals surface area contributed by atoms with Crippen molar-refractivity contribution in [3.8, 4) is 0 Å². The minimum atomic E-state index is -4.82. The van der Waals surface area contributed by atoms with E-state index in [-0.39, 0.29) is 11.6 Å². The van der Waals surface area contributed by atoms with Crippen molar-refractivity contribution < 1.29 is 26.3 Å². The Bertz CT molecular complexity index is 431. The molecule has 0 aliphatic carbocycles. The van der Waals surface area contributed by atoms with Crippen molar-refractivity contribution in [2.45, 2.75) is 22.8 Å². The Labute approximate surface area is 119 Å². The van der Waals surface area contributed by atoms with Gasteiger partial charge in [0.15, 0.2) is 0 Å². The van der Waals surface area contributed by atoms with Crippen LogP contribution in [0.3, 0.4) is 0 Å². The summed E-state index contributed by atoms with van der Waals surface area (Å²) in [5, 5.41) is 2.67. The molecule has 1 rings (SSSR count). The highest BCUT2D eigenvalue weighted by molar-refractivity contribution is 14.1. The number of alkyl halides is 7. The van der Waals surface area contributed by atoms with Crippen molar-refractivity contribution in [2.75, 3.05) is 7.05 Å². The van der Waals surface area contributed by atoms with Crippen LogP contribution in [0.25, 0.3) is 0 Å². The standard InChI is InChI=1S/C11H10F6IN/c1-9(18,19-2)6-3-7(10(12,13)14)5-8(4-6)11(15,16)17/h3-5,19H,1-2H3. The van der Waals surface area contributed by atoms with E-state index in [1.54, 1.807) is 22.6 Å². The van der Waals surface area contributed by atoms with E-state index in [9.17, 15) is 26.3 Å². The molecule has 0 radical (unpaired) electrons. The fourth-order valence-corrected chi connectivity index (χ4v) is 1.68. The molecule has 0 bridgehead atoms. The molecule has 1 N–H and O–H groups in total. The molecule has 108 valence electrons. The minimum Gasteiger partial charge on any atom is -0.303 e. The van der Waals surface area contributed by atoms with Gasteiger partial charge in [0, 0.05) is 0 Å². The van der Waals surface area contributed by atoms with Gasteiger partial charge in [-0.2, -0.15) is 26.3 Å². The average molecular weight is 397 g/mol. The second-order valence-corrected chi connectivity index (χ2v) is 6.21. The van der Waals surface area contributed by atoms with Crippen LogP contribution in [0.5, 0.6) is 0 Å². The molecule has 19 heavy (non-hydrogen) atoms. The molecule has 1 unspecified atom stereocenters. The molecule has 0 heterocycles. The third-order valence-corrected chi connectivity index (χ3v) is 3.76. The Morgan fingerprint density at radius 1 is 0.842 bits per heavy atom. The van der Waals surface area contributed by atoms with Crippen LogP contribution >= 0.6 is 22.6 Å². The molecule has 1 nitrogen and oxygen atoms in total. The summed E-state index contributed by atoms with van der Waals surface area (Å²) in [7, 11) is 1.46. The van der Waals surface area contributed by atoms with E-state index in [1.165, 1.54) is 14.0 Å².